The summed E-state index contributed by atoms with van der Waals surface area (Å²) in [6, 6.07) is 12.3. The molecule has 0 radical (unpaired) electrons. The normalized spacial score (nSPS) is 9.89. The van der Waals surface area contributed by atoms with E-state index in [1.54, 1.807) is 36.4 Å². The van der Waals surface area contributed by atoms with Gasteiger partial charge in [-0.25, -0.2) is 0 Å². The summed E-state index contributed by atoms with van der Waals surface area (Å²) in [5.74, 6) is 0. The molecule has 2 aromatic rings. The van der Waals surface area contributed by atoms with E-state index in [4.69, 9.17) is 40.1 Å². The Morgan fingerprint density at radius 2 is 1.50 bits per heavy atom. The molecule has 0 aliphatic carbocycles. The Bertz CT molecular complexity index is 615. The van der Waals surface area contributed by atoms with E-state index in [2.05, 4.69) is 11.4 Å². The van der Waals surface area contributed by atoms with Crippen LogP contribution in [0.2, 0.25) is 15.1 Å². The summed E-state index contributed by atoms with van der Waals surface area (Å²) in [6.45, 7) is 0. The minimum Gasteiger partial charge on any atom is -0.354 e. The summed E-state index contributed by atoms with van der Waals surface area (Å²) in [7, 11) is 0. The lowest BCUT2D eigenvalue weighted by Crippen LogP contribution is -1.91. The minimum atomic E-state index is 0.409. The van der Waals surface area contributed by atoms with Crippen LogP contribution < -0.4 is 5.32 Å². The number of nitrogens with one attached hydrogen (secondary N) is 1. The highest BCUT2D eigenvalue weighted by Gasteiger charge is 2.06. The molecule has 0 fully saturated rings. The van der Waals surface area contributed by atoms with Crippen LogP contribution in [0.1, 0.15) is 5.56 Å². The second-order valence-corrected chi connectivity index (χ2v) is 4.78. The summed E-state index contributed by atoms with van der Waals surface area (Å²) in [5.41, 5.74) is 2.07. The van der Waals surface area contributed by atoms with Crippen molar-refractivity contribution >= 4 is 46.2 Å². The van der Waals surface area contributed by atoms with Crippen molar-refractivity contribution in [1.29, 1.82) is 5.26 Å². The maximum atomic E-state index is 8.71. The summed E-state index contributed by atoms with van der Waals surface area (Å²) < 4.78 is 0. The third kappa shape index (κ3) is 2.88. The van der Waals surface area contributed by atoms with Crippen molar-refractivity contribution in [3.8, 4) is 6.07 Å². The highest BCUT2D eigenvalue weighted by atomic mass is 35.5. The molecule has 0 heterocycles. The molecule has 0 aliphatic heterocycles. The number of nitriles is 1. The van der Waals surface area contributed by atoms with Crippen LogP contribution in [0.15, 0.2) is 36.4 Å². The smallest absolute Gasteiger partial charge is 0.0991 e. The second kappa shape index (κ2) is 5.49. The van der Waals surface area contributed by atoms with E-state index in [1.165, 1.54) is 0 Å². The fraction of sp³-hybridized carbons (Fsp3) is 0. The number of hydrogen-bond donors (Lipinski definition) is 1. The fourth-order valence-corrected chi connectivity index (χ4v) is 2.00. The van der Waals surface area contributed by atoms with Crippen LogP contribution in [-0.4, -0.2) is 0 Å². The van der Waals surface area contributed by atoms with Crippen molar-refractivity contribution in [3.05, 3.63) is 57.0 Å². The Kier molecular flexibility index (Phi) is 3.98. The van der Waals surface area contributed by atoms with E-state index in [1.807, 2.05) is 0 Å². The average molecular weight is 298 g/mol. The van der Waals surface area contributed by atoms with Gasteiger partial charge in [0.25, 0.3) is 0 Å². The first kappa shape index (κ1) is 13.0. The van der Waals surface area contributed by atoms with Crippen molar-refractivity contribution in [3.63, 3.8) is 0 Å². The van der Waals surface area contributed by atoms with Gasteiger partial charge in [-0.1, -0.05) is 34.8 Å². The second-order valence-electron chi connectivity index (χ2n) is 3.56. The van der Waals surface area contributed by atoms with Gasteiger partial charge in [0, 0.05) is 5.69 Å². The van der Waals surface area contributed by atoms with Gasteiger partial charge in [0.2, 0.25) is 0 Å². The molecule has 5 heteroatoms. The molecule has 0 amide bonds. The first-order valence-corrected chi connectivity index (χ1v) is 6.15. The summed E-state index contributed by atoms with van der Waals surface area (Å²) >= 11 is 17.8. The van der Waals surface area contributed by atoms with Gasteiger partial charge in [0.1, 0.15) is 0 Å². The quantitative estimate of drug-likeness (QED) is 0.767. The van der Waals surface area contributed by atoms with Crippen LogP contribution in [0.3, 0.4) is 0 Å². The van der Waals surface area contributed by atoms with Gasteiger partial charge in [-0.3, -0.25) is 0 Å². The molecular weight excluding hydrogens is 291 g/mol. The van der Waals surface area contributed by atoms with E-state index in [0.29, 0.717) is 26.3 Å². The molecule has 90 valence electrons. The zero-order valence-corrected chi connectivity index (χ0v) is 11.3. The topological polar surface area (TPSA) is 35.8 Å². The Morgan fingerprint density at radius 1 is 0.889 bits per heavy atom. The Morgan fingerprint density at radius 3 is 2.11 bits per heavy atom. The molecule has 0 saturated carbocycles. The fourth-order valence-electron chi connectivity index (χ4n) is 1.40. The number of anilines is 2. The van der Waals surface area contributed by atoms with Crippen LogP contribution in [-0.2, 0) is 0 Å². The number of halogens is 3. The van der Waals surface area contributed by atoms with Crippen molar-refractivity contribution in [2.45, 2.75) is 0 Å². The molecule has 2 aromatic carbocycles. The van der Waals surface area contributed by atoms with E-state index in [9.17, 15) is 0 Å². The molecule has 0 bridgehead atoms. The van der Waals surface area contributed by atoms with Crippen molar-refractivity contribution in [2.24, 2.45) is 0 Å². The third-order valence-electron chi connectivity index (χ3n) is 2.30. The molecule has 2 nitrogen and oxygen atoms in total. The van der Waals surface area contributed by atoms with Crippen LogP contribution in [0.4, 0.5) is 11.4 Å². The standard InChI is InChI=1S/C13H7Cl3N2/c14-10-5-12(16)13(6-11(10)15)18-9-3-1-8(7-17)2-4-9/h1-6,18H. The molecular formula is C13H7Cl3N2. The highest BCUT2D eigenvalue weighted by Crippen LogP contribution is 2.33. The monoisotopic (exact) mass is 296 g/mol. The molecule has 0 atom stereocenters. The lowest BCUT2D eigenvalue weighted by molar-refractivity contribution is 1.47. The van der Waals surface area contributed by atoms with E-state index >= 15 is 0 Å². The molecule has 0 saturated heterocycles. The first-order chi connectivity index (χ1) is 8.60. The Labute approximate surface area is 120 Å². The lowest BCUT2D eigenvalue weighted by Gasteiger charge is -2.09. The highest BCUT2D eigenvalue weighted by molar-refractivity contribution is 6.44. The average Bonchev–Trinajstić information content (AvgIpc) is 2.37. The predicted molar refractivity (Wildman–Crippen MR) is 75.9 cm³/mol. The van der Waals surface area contributed by atoms with Crippen LogP contribution in [0.25, 0.3) is 0 Å². The molecule has 18 heavy (non-hydrogen) atoms. The summed E-state index contributed by atoms with van der Waals surface area (Å²) in [5, 5.41) is 13.1. The van der Waals surface area contributed by atoms with E-state index in [0.717, 1.165) is 5.69 Å². The zero-order chi connectivity index (χ0) is 13.1. The van der Waals surface area contributed by atoms with Crippen molar-refractivity contribution in [1.82, 2.24) is 0 Å². The van der Waals surface area contributed by atoms with Gasteiger partial charge in [0.05, 0.1) is 32.4 Å². The third-order valence-corrected chi connectivity index (χ3v) is 3.34. The number of nitrogens with zero attached hydrogens (tertiary/aromatic N) is 1. The molecule has 0 aliphatic rings. The van der Waals surface area contributed by atoms with Crippen LogP contribution >= 0.6 is 34.8 Å². The number of hydrogen-bond acceptors (Lipinski definition) is 2. The van der Waals surface area contributed by atoms with Crippen LogP contribution in [0.5, 0.6) is 0 Å². The van der Waals surface area contributed by atoms with E-state index in [-0.39, 0.29) is 0 Å². The largest absolute Gasteiger partial charge is 0.354 e. The van der Waals surface area contributed by atoms with Gasteiger partial charge in [0.15, 0.2) is 0 Å². The van der Waals surface area contributed by atoms with Gasteiger partial charge in [-0.2, -0.15) is 5.26 Å². The summed E-state index contributed by atoms with van der Waals surface area (Å²) in [6.07, 6.45) is 0. The van der Waals surface area contributed by atoms with Gasteiger partial charge >= 0.3 is 0 Å². The number of benzene rings is 2. The number of rotatable bonds is 2. The van der Waals surface area contributed by atoms with E-state index < -0.39 is 0 Å². The van der Waals surface area contributed by atoms with Crippen molar-refractivity contribution in [2.75, 3.05) is 5.32 Å². The zero-order valence-electron chi connectivity index (χ0n) is 9.05. The lowest BCUT2D eigenvalue weighted by atomic mass is 10.2. The maximum absolute atomic E-state index is 8.71. The molecule has 0 spiro atoms. The Balaban J connectivity index is 2.28. The summed E-state index contributed by atoms with van der Waals surface area (Å²) in [4.78, 5) is 0. The van der Waals surface area contributed by atoms with Gasteiger partial charge < -0.3 is 5.32 Å². The van der Waals surface area contributed by atoms with Crippen molar-refractivity contribution < 1.29 is 0 Å². The molecule has 1 N–H and O–H groups in total. The maximum Gasteiger partial charge on any atom is 0.0991 e. The van der Waals surface area contributed by atoms with Crippen LogP contribution in [0, 0.1) is 11.3 Å². The predicted octanol–water partition coefficient (Wildman–Crippen LogP) is 5.26. The van der Waals surface area contributed by atoms with Gasteiger partial charge in [-0.15, -0.1) is 0 Å². The molecule has 0 aromatic heterocycles. The van der Waals surface area contributed by atoms with Gasteiger partial charge in [-0.05, 0) is 36.4 Å². The minimum absolute atomic E-state index is 0.409. The Hall–Kier alpha value is -1.40. The molecule has 2 rings (SSSR count). The SMILES string of the molecule is N#Cc1ccc(Nc2cc(Cl)c(Cl)cc2Cl)cc1. The molecule has 0 unspecified atom stereocenters. The first-order valence-electron chi connectivity index (χ1n) is 5.02.